The SMILES string of the molecule is CC1OC(C)C(C(=O)CC2CCOc3ccccc32)C1C. The molecule has 0 amide bonds. The lowest BCUT2D eigenvalue weighted by atomic mass is 9.80. The first kappa shape index (κ1) is 14.6. The third-order valence-electron chi connectivity index (χ3n) is 5.14. The first-order valence-electron chi connectivity index (χ1n) is 7.98. The van der Waals surface area contributed by atoms with E-state index in [9.17, 15) is 4.79 Å². The van der Waals surface area contributed by atoms with Gasteiger partial charge in [-0.15, -0.1) is 0 Å². The second kappa shape index (κ2) is 5.80. The Morgan fingerprint density at radius 2 is 1.95 bits per heavy atom. The van der Waals surface area contributed by atoms with Crippen molar-refractivity contribution in [2.75, 3.05) is 6.61 Å². The molecule has 3 rings (SSSR count). The van der Waals surface area contributed by atoms with Crippen molar-refractivity contribution < 1.29 is 14.3 Å². The standard InChI is InChI=1S/C18H24O3/c1-11-12(2)21-13(3)18(11)16(19)10-14-8-9-20-17-7-5-4-6-15(14)17/h4-7,11-14,18H,8-10H2,1-3H3. The van der Waals surface area contributed by atoms with Crippen molar-refractivity contribution in [2.24, 2.45) is 11.8 Å². The normalized spacial score (nSPS) is 35.1. The Morgan fingerprint density at radius 3 is 2.67 bits per heavy atom. The van der Waals surface area contributed by atoms with Gasteiger partial charge in [0, 0.05) is 12.3 Å². The molecule has 2 heterocycles. The molecule has 1 fully saturated rings. The van der Waals surface area contributed by atoms with Crippen LogP contribution in [-0.4, -0.2) is 24.6 Å². The van der Waals surface area contributed by atoms with Crippen molar-refractivity contribution >= 4 is 5.78 Å². The first-order valence-corrected chi connectivity index (χ1v) is 7.98. The highest BCUT2D eigenvalue weighted by molar-refractivity contribution is 5.83. The van der Waals surface area contributed by atoms with Crippen LogP contribution in [0.4, 0.5) is 0 Å². The smallest absolute Gasteiger partial charge is 0.139 e. The summed E-state index contributed by atoms with van der Waals surface area (Å²) in [4.78, 5) is 12.8. The minimum Gasteiger partial charge on any atom is -0.493 e. The lowest BCUT2D eigenvalue weighted by Crippen LogP contribution is -2.29. The Bertz CT molecular complexity index is 525. The summed E-state index contributed by atoms with van der Waals surface area (Å²) >= 11 is 0. The van der Waals surface area contributed by atoms with E-state index < -0.39 is 0 Å². The summed E-state index contributed by atoms with van der Waals surface area (Å²) < 4.78 is 11.5. The minimum atomic E-state index is 0.0370. The maximum absolute atomic E-state index is 12.8. The number of ether oxygens (including phenoxy) is 2. The highest BCUT2D eigenvalue weighted by Crippen LogP contribution is 2.39. The van der Waals surface area contributed by atoms with Gasteiger partial charge in [0.1, 0.15) is 11.5 Å². The van der Waals surface area contributed by atoms with E-state index in [1.165, 1.54) is 5.56 Å². The average Bonchev–Trinajstić information content (AvgIpc) is 2.72. The van der Waals surface area contributed by atoms with Crippen LogP contribution in [0, 0.1) is 11.8 Å². The third-order valence-corrected chi connectivity index (χ3v) is 5.14. The van der Waals surface area contributed by atoms with Crippen molar-refractivity contribution in [2.45, 2.75) is 51.7 Å². The Balaban J connectivity index is 1.74. The molecule has 0 aromatic heterocycles. The molecule has 0 radical (unpaired) electrons. The molecular weight excluding hydrogens is 264 g/mol. The minimum absolute atomic E-state index is 0.0370. The highest BCUT2D eigenvalue weighted by atomic mass is 16.5. The van der Waals surface area contributed by atoms with E-state index in [0.717, 1.165) is 12.2 Å². The van der Waals surface area contributed by atoms with E-state index in [4.69, 9.17) is 9.47 Å². The molecule has 2 aliphatic heterocycles. The highest BCUT2D eigenvalue weighted by Gasteiger charge is 2.42. The van der Waals surface area contributed by atoms with Gasteiger partial charge in [-0.25, -0.2) is 0 Å². The Morgan fingerprint density at radius 1 is 1.19 bits per heavy atom. The fraction of sp³-hybridized carbons (Fsp3) is 0.611. The van der Waals surface area contributed by atoms with Crippen LogP contribution in [0.2, 0.25) is 0 Å². The molecule has 1 aromatic carbocycles. The molecule has 21 heavy (non-hydrogen) atoms. The van der Waals surface area contributed by atoms with Crippen LogP contribution in [0.15, 0.2) is 24.3 Å². The summed E-state index contributed by atoms with van der Waals surface area (Å²) in [6.07, 6.45) is 1.75. The Hall–Kier alpha value is -1.35. The Kier molecular flexibility index (Phi) is 4.03. The average molecular weight is 288 g/mol. The van der Waals surface area contributed by atoms with Crippen molar-refractivity contribution in [3.63, 3.8) is 0 Å². The zero-order valence-corrected chi connectivity index (χ0v) is 13.0. The molecule has 3 heteroatoms. The number of Topliss-reactive ketones (excluding diaryl/α,β-unsaturated/α-hetero) is 1. The molecular formula is C18H24O3. The van der Waals surface area contributed by atoms with Gasteiger partial charge in [-0.1, -0.05) is 25.1 Å². The van der Waals surface area contributed by atoms with E-state index >= 15 is 0 Å². The summed E-state index contributed by atoms with van der Waals surface area (Å²) in [6, 6.07) is 8.10. The number of hydrogen-bond acceptors (Lipinski definition) is 3. The second-order valence-corrected chi connectivity index (χ2v) is 6.47. The number of ketones is 1. The number of benzene rings is 1. The van der Waals surface area contributed by atoms with Gasteiger partial charge in [-0.2, -0.15) is 0 Å². The molecule has 0 bridgehead atoms. The van der Waals surface area contributed by atoms with Crippen molar-refractivity contribution in [1.29, 1.82) is 0 Å². The molecule has 114 valence electrons. The lowest BCUT2D eigenvalue weighted by molar-refractivity contribution is -0.125. The van der Waals surface area contributed by atoms with Crippen LogP contribution in [-0.2, 0) is 9.53 Å². The van der Waals surface area contributed by atoms with Crippen LogP contribution >= 0.6 is 0 Å². The van der Waals surface area contributed by atoms with Gasteiger partial charge >= 0.3 is 0 Å². The number of carbonyl (C=O) groups excluding carboxylic acids is 1. The van der Waals surface area contributed by atoms with Crippen molar-refractivity contribution in [1.82, 2.24) is 0 Å². The van der Waals surface area contributed by atoms with Crippen molar-refractivity contribution in [3.05, 3.63) is 29.8 Å². The summed E-state index contributed by atoms with van der Waals surface area (Å²) in [6.45, 7) is 6.94. The molecule has 1 saturated heterocycles. The maximum Gasteiger partial charge on any atom is 0.139 e. The summed E-state index contributed by atoms with van der Waals surface area (Å²) in [5.74, 6) is 1.93. The quantitative estimate of drug-likeness (QED) is 0.853. The summed E-state index contributed by atoms with van der Waals surface area (Å²) in [5, 5.41) is 0. The second-order valence-electron chi connectivity index (χ2n) is 6.47. The first-order chi connectivity index (χ1) is 10.1. The van der Waals surface area contributed by atoms with Crippen LogP contribution < -0.4 is 4.74 Å². The Labute approximate surface area is 126 Å². The number of fused-ring (bicyclic) bond motifs is 1. The molecule has 3 nitrogen and oxygen atoms in total. The molecule has 0 saturated carbocycles. The maximum atomic E-state index is 12.8. The van der Waals surface area contributed by atoms with E-state index in [-0.39, 0.29) is 24.0 Å². The third kappa shape index (κ3) is 2.71. The predicted molar refractivity (Wildman–Crippen MR) is 81.6 cm³/mol. The van der Waals surface area contributed by atoms with Crippen LogP contribution in [0.3, 0.4) is 0 Å². The van der Waals surface area contributed by atoms with Crippen LogP contribution in [0.1, 0.15) is 45.1 Å². The lowest BCUT2D eigenvalue weighted by Gasteiger charge is -2.27. The van der Waals surface area contributed by atoms with Gasteiger partial charge in [0.25, 0.3) is 0 Å². The van der Waals surface area contributed by atoms with Crippen LogP contribution in [0.5, 0.6) is 5.75 Å². The number of hydrogen-bond donors (Lipinski definition) is 0. The molecule has 0 aliphatic carbocycles. The van der Waals surface area contributed by atoms with Crippen LogP contribution in [0.25, 0.3) is 0 Å². The predicted octanol–water partition coefficient (Wildman–Crippen LogP) is 3.57. The largest absolute Gasteiger partial charge is 0.493 e. The molecule has 1 aromatic rings. The van der Waals surface area contributed by atoms with Gasteiger partial charge in [-0.05, 0) is 43.7 Å². The fourth-order valence-corrected chi connectivity index (χ4v) is 3.83. The number of para-hydroxylation sites is 1. The van der Waals surface area contributed by atoms with E-state index in [2.05, 4.69) is 19.9 Å². The zero-order valence-electron chi connectivity index (χ0n) is 13.0. The van der Waals surface area contributed by atoms with Gasteiger partial charge in [0.05, 0.1) is 18.8 Å². The van der Waals surface area contributed by atoms with Crippen molar-refractivity contribution in [3.8, 4) is 5.75 Å². The van der Waals surface area contributed by atoms with Gasteiger partial charge in [0.2, 0.25) is 0 Å². The molecule has 0 spiro atoms. The molecule has 0 N–H and O–H groups in total. The number of carbonyl (C=O) groups is 1. The van der Waals surface area contributed by atoms with E-state index in [1.54, 1.807) is 0 Å². The van der Waals surface area contributed by atoms with Gasteiger partial charge in [-0.3, -0.25) is 4.79 Å². The zero-order chi connectivity index (χ0) is 15.0. The van der Waals surface area contributed by atoms with Gasteiger partial charge in [0.15, 0.2) is 0 Å². The number of rotatable bonds is 3. The molecule has 2 aliphatic rings. The summed E-state index contributed by atoms with van der Waals surface area (Å²) in [7, 11) is 0. The van der Waals surface area contributed by atoms with Gasteiger partial charge < -0.3 is 9.47 Å². The van der Waals surface area contributed by atoms with E-state index in [1.807, 2.05) is 25.1 Å². The summed E-state index contributed by atoms with van der Waals surface area (Å²) in [5.41, 5.74) is 1.18. The fourth-order valence-electron chi connectivity index (χ4n) is 3.83. The monoisotopic (exact) mass is 288 g/mol. The van der Waals surface area contributed by atoms with E-state index in [0.29, 0.717) is 24.7 Å². The molecule has 5 atom stereocenters. The molecule has 5 unspecified atom stereocenters. The topological polar surface area (TPSA) is 35.5 Å².